The van der Waals surface area contributed by atoms with E-state index in [4.69, 9.17) is 11.6 Å². The average molecular weight is 1190 g/mol. The van der Waals surface area contributed by atoms with Crippen LogP contribution >= 0.6 is 23.4 Å². The number of sulfone groups is 2. The lowest BCUT2D eigenvalue weighted by Gasteiger charge is -2.37. The van der Waals surface area contributed by atoms with Gasteiger partial charge in [-0.05, 0) is 161 Å². The number of anilines is 4. The van der Waals surface area contributed by atoms with E-state index in [1.165, 1.54) is 24.3 Å². The number of piperazine rings is 1. The van der Waals surface area contributed by atoms with Crippen molar-refractivity contribution in [1.82, 2.24) is 14.8 Å². The van der Waals surface area contributed by atoms with Gasteiger partial charge >= 0.3 is 5.51 Å². The van der Waals surface area contributed by atoms with E-state index >= 15 is 4.39 Å². The number of hydrogen-bond acceptors (Lipinski definition) is 12. The van der Waals surface area contributed by atoms with Crippen LogP contribution in [0.1, 0.15) is 65.1 Å². The van der Waals surface area contributed by atoms with Crippen molar-refractivity contribution in [3.8, 4) is 22.4 Å². The molecule has 2 fully saturated rings. The van der Waals surface area contributed by atoms with E-state index in [0.29, 0.717) is 103 Å². The van der Waals surface area contributed by atoms with Crippen LogP contribution in [0.2, 0.25) is 5.02 Å². The number of nitrogens with zero attached hydrogens (tertiary/aromatic N) is 4. The number of hydrogen-bond donors (Lipinski definition) is 3. The highest BCUT2D eigenvalue weighted by molar-refractivity contribution is 7.99. The summed E-state index contributed by atoms with van der Waals surface area (Å²) in [4.78, 5) is 5.64. The number of halogens is 5. The van der Waals surface area contributed by atoms with Crippen LogP contribution < -0.4 is 25.2 Å². The van der Waals surface area contributed by atoms with Gasteiger partial charge < -0.3 is 29.9 Å². The third-order valence-electron chi connectivity index (χ3n) is 14.3. The first-order valence-electron chi connectivity index (χ1n) is 26.3. The van der Waals surface area contributed by atoms with Gasteiger partial charge in [0.2, 0.25) is 0 Å². The zero-order chi connectivity index (χ0) is 57.0. The van der Waals surface area contributed by atoms with Crippen LogP contribution in [0, 0.1) is 12.7 Å². The van der Waals surface area contributed by atoms with E-state index in [0.717, 1.165) is 60.5 Å². The summed E-state index contributed by atoms with van der Waals surface area (Å²) in [5, 5.41) is 7.19. The van der Waals surface area contributed by atoms with E-state index in [1.807, 2.05) is 65.8 Å². The van der Waals surface area contributed by atoms with Crippen LogP contribution in [0.3, 0.4) is 0 Å². The standard InChI is InChI=1S/C57H68ClF4N7O6S4/c1-38(2)63-45-22-26-66(27-23-45)28-24-46(25-33-76-50-10-8-7-9-11-50)64-52-21-20-51(37-53(52)78(72,73)57(60,61)62)79(74,75)65-47-16-18-48(19-17-47)67-29-31-68(32-30-67)49-35-42(34-44(59)36-49)54-55(41-12-14-43(58)15-13-41)69(39(3)4)40(5)56(54)77(6,70)71/h7-21,34-39,45-46,63-65H,22-33H2,1-6H3/t46-/m1/s1. The van der Waals surface area contributed by atoms with Gasteiger partial charge in [0.25, 0.3) is 19.9 Å². The van der Waals surface area contributed by atoms with Gasteiger partial charge in [-0.15, -0.1) is 11.8 Å². The molecule has 426 valence electrons. The minimum atomic E-state index is -6.04. The molecule has 13 nitrogen and oxygen atoms in total. The number of alkyl halides is 3. The highest BCUT2D eigenvalue weighted by atomic mass is 35.5. The van der Waals surface area contributed by atoms with E-state index in [-0.39, 0.29) is 22.3 Å². The van der Waals surface area contributed by atoms with Crippen LogP contribution in [0.4, 0.5) is 40.3 Å². The van der Waals surface area contributed by atoms with Crippen molar-refractivity contribution >= 4 is 75.8 Å². The van der Waals surface area contributed by atoms with E-state index in [9.17, 15) is 38.4 Å². The normalized spacial score (nSPS) is 15.8. The summed E-state index contributed by atoms with van der Waals surface area (Å²) >= 11 is 7.83. The Morgan fingerprint density at radius 3 is 1.96 bits per heavy atom. The molecule has 0 radical (unpaired) electrons. The summed E-state index contributed by atoms with van der Waals surface area (Å²) in [6, 6.07) is 30.6. The maximum atomic E-state index is 15.8. The molecular formula is C57H68ClF4N7O6S4. The number of piperidine rings is 1. The van der Waals surface area contributed by atoms with Crippen molar-refractivity contribution in [2.45, 2.75) is 110 Å². The summed E-state index contributed by atoms with van der Waals surface area (Å²) in [7, 11) is -14.5. The smallest absolute Gasteiger partial charge is 0.381 e. The Bertz CT molecular complexity index is 3430. The van der Waals surface area contributed by atoms with E-state index in [2.05, 4.69) is 39.0 Å². The van der Waals surface area contributed by atoms with Crippen molar-refractivity contribution < 1.29 is 42.8 Å². The Balaban J connectivity index is 0.974. The fraction of sp³-hybridized carbons (Fsp3) is 0.404. The van der Waals surface area contributed by atoms with Gasteiger partial charge in [-0.3, -0.25) is 4.72 Å². The monoisotopic (exact) mass is 1190 g/mol. The molecule has 0 aliphatic carbocycles. The number of sulfonamides is 1. The second-order valence-corrected chi connectivity index (χ2v) is 28.0. The number of aromatic nitrogens is 1. The Morgan fingerprint density at radius 2 is 1.37 bits per heavy atom. The lowest BCUT2D eigenvalue weighted by atomic mass is 9.99. The zero-order valence-electron chi connectivity index (χ0n) is 45.0. The van der Waals surface area contributed by atoms with Gasteiger partial charge in [0, 0.05) is 101 Å². The van der Waals surface area contributed by atoms with Gasteiger partial charge in [-0.25, -0.2) is 29.6 Å². The maximum absolute atomic E-state index is 15.8. The molecule has 22 heteroatoms. The van der Waals surface area contributed by atoms with Crippen molar-refractivity contribution in [3.05, 3.63) is 132 Å². The topological polar surface area (TPSA) is 153 Å². The predicted molar refractivity (Wildman–Crippen MR) is 311 cm³/mol. The molecule has 0 amide bonds. The lowest BCUT2D eigenvalue weighted by molar-refractivity contribution is -0.0435. The first-order chi connectivity index (χ1) is 37.3. The summed E-state index contributed by atoms with van der Waals surface area (Å²) in [6.45, 7) is 14.0. The number of rotatable bonds is 21. The minimum absolute atomic E-state index is 0.0880. The van der Waals surface area contributed by atoms with Crippen molar-refractivity contribution in [3.63, 3.8) is 0 Å². The van der Waals surface area contributed by atoms with Crippen molar-refractivity contribution in [2.75, 3.05) is 77.7 Å². The SMILES string of the molecule is Cc1c(S(C)(=O)=O)c(-c2cc(F)cc(N3CCN(c4ccc(NS(=O)(=O)c5ccc(N[C@@H](CCSc6ccccc6)CCN6CCC(NC(C)C)CC6)c(S(=O)(=O)C(F)(F)F)c5)cc4)CC3)c2)c(-c2ccc(Cl)cc2)n1C(C)C. The highest BCUT2D eigenvalue weighted by Crippen LogP contribution is 2.45. The van der Waals surface area contributed by atoms with Gasteiger partial charge in [0.15, 0.2) is 9.84 Å². The first kappa shape index (κ1) is 59.8. The Labute approximate surface area is 472 Å². The van der Waals surface area contributed by atoms with Crippen molar-refractivity contribution in [2.24, 2.45) is 0 Å². The number of likely N-dealkylation sites (tertiary alicyclic amines) is 1. The molecule has 1 atom stereocenters. The zero-order valence-corrected chi connectivity index (χ0v) is 49.0. The van der Waals surface area contributed by atoms with Crippen LogP contribution in [-0.4, -0.2) is 116 Å². The lowest BCUT2D eigenvalue weighted by Crippen LogP contribution is -2.46. The van der Waals surface area contributed by atoms with Crippen LogP contribution in [0.5, 0.6) is 0 Å². The molecule has 2 aliphatic rings. The summed E-state index contributed by atoms with van der Waals surface area (Å²) in [6.07, 6.45) is 4.03. The molecule has 79 heavy (non-hydrogen) atoms. The Kier molecular flexibility index (Phi) is 18.8. The molecule has 5 aromatic carbocycles. The summed E-state index contributed by atoms with van der Waals surface area (Å²) in [5.74, 6) is 0.0458. The van der Waals surface area contributed by atoms with Crippen LogP contribution in [0.25, 0.3) is 22.4 Å². The molecule has 2 aliphatic heterocycles. The molecule has 6 aromatic rings. The summed E-state index contributed by atoms with van der Waals surface area (Å²) < 4.78 is 145. The molecule has 0 unspecified atom stereocenters. The molecule has 0 bridgehead atoms. The molecule has 3 N–H and O–H groups in total. The summed E-state index contributed by atoms with van der Waals surface area (Å²) in [5.41, 5.74) is -2.00. The second-order valence-electron chi connectivity index (χ2n) is 20.8. The Hall–Kier alpha value is -5.29. The molecular weight excluding hydrogens is 1120 g/mol. The minimum Gasteiger partial charge on any atom is -0.381 e. The van der Waals surface area contributed by atoms with Crippen molar-refractivity contribution in [1.29, 1.82) is 0 Å². The van der Waals surface area contributed by atoms with Gasteiger partial charge in [-0.2, -0.15) is 13.2 Å². The quantitative estimate of drug-likeness (QED) is 0.0464. The number of nitrogens with one attached hydrogen (secondary N) is 3. The highest BCUT2D eigenvalue weighted by Gasteiger charge is 2.48. The number of benzene rings is 5. The van der Waals surface area contributed by atoms with Crippen LogP contribution in [0.15, 0.2) is 135 Å². The fourth-order valence-corrected chi connectivity index (χ4v) is 15.1. The van der Waals surface area contributed by atoms with E-state index in [1.54, 1.807) is 49.0 Å². The Morgan fingerprint density at radius 1 is 0.734 bits per heavy atom. The predicted octanol–water partition coefficient (Wildman–Crippen LogP) is 12.1. The molecule has 2 saturated heterocycles. The molecule has 0 spiro atoms. The third kappa shape index (κ3) is 14.4. The first-order valence-corrected chi connectivity index (χ1v) is 32.5. The third-order valence-corrected chi connectivity index (χ3v) is 19.8. The maximum Gasteiger partial charge on any atom is 0.501 e. The number of thioether (sulfide) groups is 1. The molecule has 8 rings (SSSR count). The van der Waals surface area contributed by atoms with E-state index < -0.39 is 56.9 Å². The molecule has 1 aromatic heterocycles. The van der Waals surface area contributed by atoms with Gasteiger partial charge in [-0.1, -0.05) is 55.8 Å². The average Bonchev–Trinajstić information content (AvgIpc) is 3.88. The molecule has 3 heterocycles. The largest absolute Gasteiger partial charge is 0.501 e. The molecule has 0 saturated carbocycles. The fourth-order valence-electron chi connectivity index (χ4n) is 10.6. The van der Waals surface area contributed by atoms with Crippen LogP contribution in [-0.2, 0) is 29.7 Å². The van der Waals surface area contributed by atoms with Gasteiger partial charge in [0.1, 0.15) is 10.7 Å². The second kappa shape index (κ2) is 24.8. The van der Waals surface area contributed by atoms with Gasteiger partial charge in [0.05, 0.1) is 21.2 Å².